The van der Waals surface area contributed by atoms with Crippen molar-refractivity contribution in [3.05, 3.63) is 0 Å². The predicted molar refractivity (Wildman–Crippen MR) is 115 cm³/mol. The van der Waals surface area contributed by atoms with Gasteiger partial charge in [-0.25, -0.2) is 0 Å². The zero-order valence-electron chi connectivity index (χ0n) is 16.7. The molecule has 0 bridgehead atoms. The second-order valence-electron chi connectivity index (χ2n) is 8.04. The highest BCUT2D eigenvalue weighted by atomic mass is 127. The van der Waals surface area contributed by atoms with Crippen LogP contribution < -0.4 is 10.6 Å². The molecular weight excluding hydrogens is 470 g/mol. The highest BCUT2D eigenvalue weighted by molar-refractivity contribution is 14.0. The van der Waals surface area contributed by atoms with E-state index in [1.807, 2.05) is 6.92 Å². The fourth-order valence-electron chi connectivity index (χ4n) is 3.73. The zero-order valence-corrected chi connectivity index (χ0v) is 19.1. The molecule has 5 nitrogen and oxygen atoms in total. The third kappa shape index (κ3) is 8.72. The Kier molecular flexibility index (Phi) is 10.1. The lowest BCUT2D eigenvalue weighted by Gasteiger charge is -2.40. The maximum Gasteiger partial charge on any atom is 0.401 e. The molecule has 2 fully saturated rings. The number of rotatable bonds is 6. The molecule has 0 aliphatic carbocycles. The number of nitrogens with zero attached hydrogens (tertiary/aromatic N) is 3. The van der Waals surface area contributed by atoms with Crippen molar-refractivity contribution in [1.29, 1.82) is 0 Å². The fourth-order valence-corrected chi connectivity index (χ4v) is 3.73. The Balaban J connectivity index is 0.00000364. The van der Waals surface area contributed by atoms with E-state index >= 15 is 0 Å². The van der Waals surface area contributed by atoms with Crippen LogP contribution >= 0.6 is 24.0 Å². The highest BCUT2D eigenvalue weighted by Gasteiger charge is 2.34. The molecule has 9 heteroatoms. The second kappa shape index (κ2) is 11.0. The van der Waals surface area contributed by atoms with E-state index in [0.717, 1.165) is 19.6 Å². The van der Waals surface area contributed by atoms with Gasteiger partial charge in [0.05, 0.1) is 13.1 Å². The fraction of sp³-hybridized carbons (Fsp3) is 0.944. The third-order valence-electron chi connectivity index (χ3n) is 5.20. The van der Waals surface area contributed by atoms with E-state index in [4.69, 9.17) is 4.99 Å². The van der Waals surface area contributed by atoms with Crippen LogP contribution in [-0.2, 0) is 0 Å². The maximum absolute atomic E-state index is 12.5. The van der Waals surface area contributed by atoms with Crippen molar-refractivity contribution in [2.45, 2.75) is 64.2 Å². The van der Waals surface area contributed by atoms with E-state index in [-0.39, 0.29) is 35.6 Å². The SMILES string of the molecule is CCNC(=NCC(C)(C)N1CCCCC1)NC1CCN(CC(F)(F)F)C1.I. The molecule has 2 saturated heterocycles. The summed E-state index contributed by atoms with van der Waals surface area (Å²) in [4.78, 5) is 8.68. The molecule has 2 aliphatic heterocycles. The number of halogens is 4. The summed E-state index contributed by atoms with van der Waals surface area (Å²) >= 11 is 0. The molecule has 1 unspecified atom stereocenters. The molecular formula is C18H35F3IN5. The van der Waals surface area contributed by atoms with Gasteiger partial charge in [-0.1, -0.05) is 6.42 Å². The first-order valence-electron chi connectivity index (χ1n) is 9.78. The average molecular weight is 505 g/mol. The van der Waals surface area contributed by atoms with Crippen LogP contribution in [0.1, 0.15) is 46.5 Å². The van der Waals surface area contributed by atoms with Gasteiger partial charge in [-0.15, -0.1) is 24.0 Å². The van der Waals surface area contributed by atoms with Crippen molar-refractivity contribution in [1.82, 2.24) is 20.4 Å². The minimum Gasteiger partial charge on any atom is -0.357 e. The van der Waals surface area contributed by atoms with Crippen LogP contribution in [0.4, 0.5) is 13.2 Å². The number of hydrogen-bond donors (Lipinski definition) is 2. The van der Waals surface area contributed by atoms with Gasteiger partial charge in [0.25, 0.3) is 0 Å². The molecule has 0 spiro atoms. The minimum atomic E-state index is -4.13. The van der Waals surface area contributed by atoms with E-state index in [2.05, 4.69) is 29.4 Å². The second-order valence-corrected chi connectivity index (χ2v) is 8.04. The van der Waals surface area contributed by atoms with Crippen LogP contribution in [0.3, 0.4) is 0 Å². The molecule has 0 aromatic heterocycles. The number of alkyl halides is 3. The van der Waals surface area contributed by atoms with Crippen molar-refractivity contribution in [3.63, 3.8) is 0 Å². The summed E-state index contributed by atoms with van der Waals surface area (Å²) in [5.74, 6) is 0.705. The van der Waals surface area contributed by atoms with Gasteiger partial charge in [0.15, 0.2) is 5.96 Å². The van der Waals surface area contributed by atoms with Gasteiger partial charge in [-0.3, -0.25) is 14.8 Å². The Hall–Kier alpha value is -0.290. The lowest BCUT2D eigenvalue weighted by atomic mass is 9.99. The Morgan fingerprint density at radius 2 is 1.78 bits per heavy atom. The van der Waals surface area contributed by atoms with Gasteiger partial charge in [0.2, 0.25) is 0 Å². The van der Waals surface area contributed by atoms with E-state index in [1.54, 1.807) is 0 Å². The number of guanidine groups is 1. The molecule has 0 aromatic rings. The van der Waals surface area contributed by atoms with Crippen LogP contribution in [0, 0.1) is 0 Å². The lowest BCUT2D eigenvalue weighted by Crippen LogP contribution is -2.50. The standard InChI is InChI=1S/C18H34F3N5.HI/c1-4-22-16(23-13-17(2,3)26-9-6-5-7-10-26)24-15-8-11-25(12-15)14-18(19,20)21;/h15H,4-14H2,1-3H3,(H2,22,23,24);1H. The zero-order chi connectivity index (χ0) is 19.2. The molecule has 2 aliphatic rings. The molecule has 0 amide bonds. The molecule has 2 heterocycles. The number of nitrogens with one attached hydrogen (secondary N) is 2. The summed E-state index contributed by atoms with van der Waals surface area (Å²) < 4.78 is 37.6. The largest absolute Gasteiger partial charge is 0.401 e. The quantitative estimate of drug-likeness (QED) is 0.331. The van der Waals surface area contributed by atoms with Gasteiger partial charge in [-0.2, -0.15) is 13.2 Å². The Bertz CT molecular complexity index is 464. The highest BCUT2D eigenvalue weighted by Crippen LogP contribution is 2.21. The van der Waals surface area contributed by atoms with Gasteiger partial charge in [0, 0.05) is 31.2 Å². The van der Waals surface area contributed by atoms with E-state index in [1.165, 1.54) is 24.2 Å². The van der Waals surface area contributed by atoms with E-state index in [9.17, 15) is 13.2 Å². The van der Waals surface area contributed by atoms with Gasteiger partial charge in [0.1, 0.15) is 0 Å². The summed E-state index contributed by atoms with van der Waals surface area (Å²) in [6.07, 6.45) is 0.350. The minimum absolute atomic E-state index is 0. The number of aliphatic imine (C=N–C) groups is 1. The van der Waals surface area contributed by atoms with E-state index < -0.39 is 12.7 Å². The monoisotopic (exact) mass is 505 g/mol. The molecule has 0 radical (unpaired) electrons. The summed E-state index contributed by atoms with van der Waals surface area (Å²) in [7, 11) is 0. The summed E-state index contributed by atoms with van der Waals surface area (Å²) in [5.41, 5.74) is -0.0131. The van der Waals surface area contributed by atoms with Crippen LogP contribution in [0.15, 0.2) is 4.99 Å². The topological polar surface area (TPSA) is 42.9 Å². The summed E-state index contributed by atoms with van der Waals surface area (Å²) in [5, 5.41) is 6.55. The third-order valence-corrected chi connectivity index (χ3v) is 5.20. The van der Waals surface area contributed by atoms with Crippen molar-refractivity contribution in [3.8, 4) is 0 Å². The number of likely N-dealkylation sites (tertiary alicyclic amines) is 2. The first-order chi connectivity index (χ1) is 12.2. The van der Waals surface area contributed by atoms with Gasteiger partial charge >= 0.3 is 6.18 Å². The van der Waals surface area contributed by atoms with Crippen LogP contribution in [0.25, 0.3) is 0 Å². The van der Waals surface area contributed by atoms with E-state index in [0.29, 0.717) is 32.0 Å². The average Bonchev–Trinajstić information content (AvgIpc) is 2.99. The Labute approximate surface area is 178 Å². The summed E-state index contributed by atoms with van der Waals surface area (Å²) in [6, 6.07) is 0.00764. The smallest absolute Gasteiger partial charge is 0.357 e. The van der Waals surface area contributed by atoms with Crippen LogP contribution in [-0.4, -0.2) is 79.3 Å². The molecule has 0 saturated carbocycles. The van der Waals surface area contributed by atoms with Crippen LogP contribution in [0.5, 0.6) is 0 Å². The van der Waals surface area contributed by atoms with Crippen molar-refractivity contribution in [2.75, 3.05) is 45.8 Å². The Morgan fingerprint density at radius 1 is 1.11 bits per heavy atom. The number of piperidine rings is 1. The Morgan fingerprint density at radius 3 is 2.37 bits per heavy atom. The molecule has 1 atom stereocenters. The first-order valence-corrected chi connectivity index (χ1v) is 9.78. The molecule has 2 N–H and O–H groups in total. The van der Waals surface area contributed by atoms with Crippen molar-refractivity contribution in [2.24, 2.45) is 4.99 Å². The molecule has 160 valence electrons. The van der Waals surface area contributed by atoms with Gasteiger partial charge in [-0.05, 0) is 53.1 Å². The normalized spacial score (nSPS) is 23.2. The van der Waals surface area contributed by atoms with Crippen LogP contribution in [0.2, 0.25) is 0 Å². The predicted octanol–water partition coefficient (Wildman–Crippen LogP) is 3.06. The lowest BCUT2D eigenvalue weighted by molar-refractivity contribution is -0.143. The van der Waals surface area contributed by atoms with Gasteiger partial charge < -0.3 is 10.6 Å². The molecule has 2 rings (SSSR count). The van der Waals surface area contributed by atoms with Crippen molar-refractivity contribution < 1.29 is 13.2 Å². The molecule has 27 heavy (non-hydrogen) atoms. The van der Waals surface area contributed by atoms with Crippen molar-refractivity contribution >= 4 is 29.9 Å². The first kappa shape index (κ1) is 24.7. The molecule has 0 aromatic carbocycles. The number of hydrogen-bond acceptors (Lipinski definition) is 3. The maximum atomic E-state index is 12.5. The summed E-state index contributed by atoms with van der Waals surface area (Å²) in [6.45, 7) is 10.1.